The molecule has 0 aliphatic carbocycles. The Balaban J connectivity index is 2.30. The summed E-state index contributed by atoms with van der Waals surface area (Å²) >= 11 is 0. The van der Waals surface area contributed by atoms with Crippen LogP contribution in [0.15, 0.2) is 18.2 Å². The van der Waals surface area contributed by atoms with Gasteiger partial charge in [0, 0.05) is 12.1 Å². The Morgan fingerprint density at radius 2 is 2.12 bits per heavy atom. The third-order valence-corrected chi connectivity index (χ3v) is 3.06. The lowest BCUT2D eigenvalue weighted by molar-refractivity contribution is -0.163. The van der Waals surface area contributed by atoms with E-state index in [1.54, 1.807) is 12.1 Å². The standard InChI is InChI=1S/C12H14F3NO/c1-2-7-3-4-9-8(5-7)6-10(17)11(16-9)12(13,14)15/h3-5,10-11,16-17H,2,6H2,1H3. The van der Waals surface area contributed by atoms with Gasteiger partial charge in [-0.2, -0.15) is 13.2 Å². The number of benzene rings is 1. The fourth-order valence-corrected chi connectivity index (χ4v) is 2.08. The molecule has 0 bridgehead atoms. The molecule has 2 atom stereocenters. The zero-order valence-corrected chi connectivity index (χ0v) is 9.38. The van der Waals surface area contributed by atoms with Gasteiger partial charge in [0.05, 0.1) is 6.10 Å². The van der Waals surface area contributed by atoms with Gasteiger partial charge >= 0.3 is 6.18 Å². The van der Waals surface area contributed by atoms with Crippen LogP contribution in [-0.4, -0.2) is 23.4 Å². The van der Waals surface area contributed by atoms with E-state index in [9.17, 15) is 18.3 Å². The van der Waals surface area contributed by atoms with Gasteiger partial charge in [-0.3, -0.25) is 0 Å². The van der Waals surface area contributed by atoms with Gasteiger partial charge in [0.15, 0.2) is 0 Å². The zero-order valence-electron chi connectivity index (χ0n) is 9.38. The second-order valence-corrected chi connectivity index (χ2v) is 4.28. The summed E-state index contributed by atoms with van der Waals surface area (Å²) in [6.45, 7) is 1.98. The minimum atomic E-state index is -4.43. The summed E-state index contributed by atoms with van der Waals surface area (Å²) in [6, 6.07) is 3.43. The Labute approximate surface area is 97.5 Å². The number of aliphatic hydroxyl groups excluding tert-OH is 1. The van der Waals surface area contributed by atoms with Gasteiger partial charge in [-0.25, -0.2) is 0 Å². The molecule has 0 radical (unpaired) electrons. The van der Waals surface area contributed by atoms with E-state index in [-0.39, 0.29) is 6.42 Å². The molecular formula is C12H14F3NO. The maximum atomic E-state index is 12.6. The van der Waals surface area contributed by atoms with Gasteiger partial charge in [0.25, 0.3) is 0 Å². The highest BCUT2D eigenvalue weighted by Crippen LogP contribution is 2.33. The largest absolute Gasteiger partial charge is 0.411 e. The lowest BCUT2D eigenvalue weighted by atomic mass is 9.93. The van der Waals surface area contributed by atoms with Crippen molar-refractivity contribution in [3.63, 3.8) is 0 Å². The molecule has 2 rings (SSSR count). The predicted octanol–water partition coefficient (Wildman–Crippen LogP) is 2.51. The minimum Gasteiger partial charge on any atom is -0.390 e. The van der Waals surface area contributed by atoms with E-state index in [4.69, 9.17) is 0 Å². The number of alkyl halides is 3. The molecule has 17 heavy (non-hydrogen) atoms. The van der Waals surface area contributed by atoms with Crippen molar-refractivity contribution in [3.05, 3.63) is 29.3 Å². The fraction of sp³-hybridized carbons (Fsp3) is 0.500. The van der Waals surface area contributed by atoms with Crippen LogP contribution in [0.5, 0.6) is 0 Å². The Morgan fingerprint density at radius 3 is 2.71 bits per heavy atom. The summed E-state index contributed by atoms with van der Waals surface area (Å²) < 4.78 is 37.8. The Morgan fingerprint density at radius 1 is 1.41 bits per heavy atom. The van der Waals surface area contributed by atoms with Gasteiger partial charge in [-0.05, 0) is 23.6 Å². The van der Waals surface area contributed by atoms with Crippen LogP contribution in [0.2, 0.25) is 0 Å². The van der Waals surface area contributed by atoms with Gasteiger partial charge in [-0.15, -0.1) is 0 Å². The van der Waals surface area contributed by atoms with E-state index >= 15 is 0 Å². The molecule has 1 aliphatic rings. The number of fused-ring (bicyclic) bond motifs is 1. The predicted molar refractivity (Wildman–Crippen MR) is 59.0 cm³/mol. The summed E-state index contributed by atoms with van der Waals surface area (Å²) in [6.07, 6.45) is -4.98. The van der Waals surface area contributed by atoms with Crippen LogP contribution < -0.4 is 5.32 Å². The van der Waals surface area contributed by atoms with Crippen LogP contribution in [0.3, 0.4) is 0 Å². The van der Waals surface area contributed by atoms with Crippen molar-refractivity contribution >= 4 is 5.69 Å². The van der Waals surface area contributed by atoms with Crippen molar-refractivity contribution in [1.29, 1.82) is 0 Å². The van der Waals surface area contributed by atoms with E-state index in [1.807, 2.05) is 13.0 Å². The highest BCUT2D eigenvalue weighted by Gasteiger charge is 2.46. The molecule has 2 nitrogen and oxygen atoms in total. The minimum absolute atomic E-state index is 0.0420. The Hall–Kier alpha value is -1.23. The van der Waals surface area contributed by atoms with Crippen LogP contribution in [0.4, 0.5) is 18.9 Å². The maximum Gasteiger partial charge on any atom is 0.411 e. The second kappa shape index (κ2) is 4.22. The summed E-state index contributed by atoms with van der Waals surface area (Å²) in [5.41, 5.74) is 2.27. The van der Waals surface area contributed by atoms with E-state index in [0.29, 0.717) is 5.69 Å². The van der Waals surface area contributed by atoms with Crippen LogP contribution in [0, 0.1) is 0 Å². The molecule has 1 aromatic rings. The Bertz CT molecular complexity index is 417. The highest BCUT2D eigenvalue weighted by molar-refractivity contribution is 5.56. The molecule has 0 amide bonds. The molecule has 0 aromatic heterocycles. The summed E-state index contributed by atoms with van der Waals surface area (Å²) in [7, 11) is 0. The molecule has 2 N–H and O–H groups in total. The van der Waals surface area contributed by atoms with Crippen molar-refractivity contribution in [3.8, 4) is 0 Å². The number of hydrogen-bond donors (Lipinski definition) is 2. The van der Waals surface area contributed by atoms with Gasteiger partial charge in [-0.1, -0.05) is 19.1 Å². The molecule has 0 spiro atoms. The molecule has 5 heteroatoms. The molecule has 1 heterocycles. The molecular weight excluding hydrogens is 231 g/mol. The van der Waals surface area contributed by atoms with Crippen molar-refractivity contribution in [1.82, 2.24) is 0 Å². The Kier molecular flexibility index (Phi) is 3.03. The molecule has 94 valence electrons. The van der Waals surface area contributed by atoms with Crippen molar-refractivity contribution in [2.75, 3.05) is 5.32 Å². The smallest absolute Gasteiger partial charge is 0.390 e. The van der Waals surface area contributed by atoms with Crippen molar-refractivity contribution < 1.29 is 18.3 Å². The SMILES string of the molecule is CCc1ccc2c(c1)CC(O)C(C(F)(F)F)N2. The number of nitrogens with one attached hydrogen (secondary N) is 1. The van der Waals surface area contributed by atoms with Crippen LogP contribution in [0.25, 0.3) is 0 Å². The van der Waals surface area contributed by atoms with Crippen LogP contribution >= 0.6 is 0 Å². The van der Waals surface area contributed by atoms with E-state index in [2.05, 4.69) is 5.32 Å². The highest BCUT2D eigenvalue weighted by atomic mass is 19.4. The second-order valence-electron chi connectivity index (χ2n) is 4.28. The lowest BCUT2D eigenvalue weighted by Gasteiger charge is -2.33. The topological polar surface area (TPSA) is 32.3 Å². The average Bonchev–Trinajstić information content (AvgIpc) is 2.25. The molecule has 2 unspecified atom stereocenters. The first-order valence-electron chi connectivity index (χ1n) is 5.55. The first-order valence-corrected chi connectivity index (χ1v) is 5.55. The molecule has 0 fully saturated rings. The number of halogens is 3. The zero-order chi connectivity index (χ0) is 12.6. The number of hydrogen-bond acceptors (Lipinski definition) is 2. The summed E-state index contributed by atoms with van der Waals surface area (Å²) in [4.78, 5) is 0. The third kappa shape index (κ3) is 2.39. The van der Waals surface area contributed by atoms with Crippen molar-refractivity contribution in [2.24, 2.45) is 0 Å². The van der Waals surface area contributed by atoms with Crippen LogP contribution in [0.1, 0.15) is 18.1 Å². The number of aryl methyl sites for hydroxylation is 1. The molecule has 0 saturated carbocycles. The maximum absolute atomic E-state index is 12.6. The fourth-order valence-electron chi connectivity index (χ4n) is 2.08. The quantitative estimate of drug-likeness (QED) is 0.796. The lowest BCUT2D eigenvalue weighted by Crippen LogP contribution is -2.49. The number of anilines is 1. The average molecular weight is 245 g/mol. The van der Waals surface area contributed by atoms with Gasteiger partial charge in [0.2, 0.25) is 0 Å². The van der Waals surface area contributed by atoms with E-state index in [1.165, 1.54) is 0 Å². The number of aliphatic hydroxyl groups is 1. The van der Waals surface area contributed by atoms with E-state index in [0.717, 1.165) is 17.5 Å². The monoisotopic (exact) mass is 245 g/mol. The summed E-state index contributed by atoms with van der Waals surface area (Å²) in [5.74, 6) is 0. The van der Waals surface area contributed by atoms with Gasteiger partial charge < -0.3 is 10.4 Å². The molecule has 0 saturated heterocycles. The normalized spacial score (nSPS) is 24.1. The summed E-state index contributed by atoms with van der Waals surface area (Å²) in [5, 5.41) is 11.9. The number of rotatable bonds is 1. The molecule has 1 aromatic carbocycles. The van der Waals surface area contributed by atoms with Gasteiger partial charge in [0.1, 0.15) is 6.04 Å². The van der Waals surface area contributed by atoms with E-state index < -0.39 is 18.3 Å². The molecule has 1 aliphatic heterocycles. The van der Waals surface area contributed by atoms with Crippen molar-refractivity contribution in [2.45, 2.75) is 38.1 Å². The first kappa shape index (κ1) is 12.2. The van der Waals surface area contributed by atoms with Crippen LogP contribution in [-0.2, 0) is 12.8 Å². The third-order valence-electron chi connectivity index (χ3n) is 3.06. The first-order chi connectivity index (χ1) is 7.91.